The van der Waals surface area contributed by atoms with Gasteiger partial charge in [-0.15, -0.1) is 0 Å². The number of hydrazone groups is 1. The van der Waals surface area contributed by atoms with E-state index in [-0.39, 0.29) is 30.4 Å². The Balaban J connectivity index is 1.14. The zero-order valence-corrected chi connectivity index (χ0v) is 24.1. The van der Waals surface area contributed by atoms with Crippen molar-refractivity contribution in [1.82, 2.24) is 9.99 Å². The van der Waals surface area contributed by atoms with Crippen molar-refractivity contribution in [1.29, 1.82) is 0 Å². The number of furan rings is 1. The Hall–Kier alpha value is -5.35. The van der Waals surface area contributed by atoms with Gasteiger partial charge in [-0.1, -0.05) is 23.7 Å². The van der Waals surface area contributed by atoms with Crippen LogP contribution in [0.4, 0.5) is 5.69 Å². The standard InChI is InChI=1S/C32H27ClN4O6/c1-21-3-4-22(2)36(21)26-10-12-27(13-11-26)41-20-28-14-16-31(43-28)32(38)35-34-18-24-7-15-30(29(17-24)37(39)40)42-19-23-5-8-25(33)9-6-23/h3-18H,19-20H2,1-2H3,(H,35,38)/b34-18+. The van der Waals surface area contributed by atoms with Crippen LogP contribution < -0.4 is 14.9 Å². The van der Waals surface area contributed by atoms with Crippen LogP contribution >= 0.6 is 11.6 Å². The molecule has 2 heterocycles. The van der Waals surface area contributed by atoms with Gasteiger partial charge in [-0.05, 0) is 92.2 Å². The fraction of sp³-hybridized carbons (Fsp3) is 0.125. The first-order valence-electron chi connectivity index (χ1n) is 13.2. The molecule has 0 bridgehead atoms. The first-order valence-corrected chi connectivity index (χ1v) is 13.6. The van der Waals surface area contributed by atoms with Crippen LogP contribution in [0.15, 0.2) is 101 Å². The summed E-state index contributed by atoms with van der Waals surface area (Å²) in [4.78, 5) is 23.6. The minimum atomic E-state index is -0.582. The lowest BCUT2D eigenvalue weighted by Gasteiger charge is -2.10. The number of carbonyl (C=O) groups excluding carboxylic acids is 1. The molecule has 3 aromatic carbocycles. The number of ether oxygens (including phenoxy) is 2. The number of hydrogen-bond donors (Lipinski definition) is 1. The normalized spacial score (nSPS) is 11.0. The highest BCUT2D eigenvalue weighted by Gasteiger charge is 2.16. The maximum atomic E-state index is 12.5. The van der Waals surface area contributed by atoms with Crippen molar-refractivity contribution in [2.45, 2.75) is 27.1 Å². The summed E-state index contributed by atoms with van der Waals surface area (Å²) in [6.07, 6.45) is 1.29. The van der Waals surface area contributed by atoms with Gasteiger partial charge in [0.25, 0.3) is 0 Å². The third-order valence-electron chi connectivity index (χ3n) is 6.50. The van der Waals surface area contributed by atoms with E-state index in [2.05, 4.69) is 41.1 Å². The lowest BCUT2D eigenvalue weighted by atomic mass is 10.2. The number of benzene rings is 3. The van der Waals surface area contributed by atoms with Crippen molar-refractivity contribution in [2.75, 3.05) is 0 Å². The number of nitrogens with one attached hydrogen (secondary N) is 1. The molecule has 0 saturated heterocycles. The molecule has 11 heteroatoms. The summed E-state index contributed by atoms with van der Waals surface area (Å²) in [5.74, 6) is 0.686. The van der Waals surface area contributed by atoms with Crippen LogP contribution in [0.3, 0.4) is 0 Å². The minimum Gasteiger partial charge on any atom is -0.486 e. The molecule has 1 N–H and O–H groups in total. The number of carbonyl (C=O) groups is 1. The second-order valence-electron chi connectivity index (χ2n) is 9.60. The molecule has 2 aromatic heterocycles. The Morgan fingerprint density at radius 1 is 0.953 bits per heavy atom. The Morgan fingerprint density at radius 2 is 1.67 bits per heavy atom. The molecule has 1 amide bonds. The highest BCUT2D eigenvalue weighted by Crippen LogP contribution is 2.28. The first-order chi connectivity index (χ1) is 20.8. The van der Waals surface area contributed by atoms with Gasteiger partial charge in [-0.3, -0.25) is 14.9 Å². The van der Waals surface area contributed by atoms with Crippen molar-refractivity contribution in [3.8, 4) is 17.2 Å². The van der Waals surface area contributed by atoms with E-state index in [9.17, 15) is 14.9 Å². The molecule has 0 atom stereocenters. The minimum absolute atomic E-state index is 0.0431. The van der Waals surface area contributed by atoms with Crippen LogP contribution in [0.1, 0.15) is 38.8 Å². The molecule has 0 saturated carbocycles. The fourth-order valence-corrected chi connectivity index (χ4v) is 4.47. The van der Waals surface area contributed by atoms with Crippen LogP contribution in [-0.2, 0) is 13.2 Å². The van der Waals surface area contributed by atoms with Gasteiger partial charge in [0.1, 0.15) is 24.7 Å². The molecular weight excluding hydrogens is 572 g/mol. The lowest BCUT2D eigenvalue weighted by molar-refractivity contribution is -0.385. The summed E-state index contributed by atoms with van der Waals surface area (Å²) >= 11 is 5.89. The van der Waals surface area contributed by atoms with Crippen LogP contribution in [0.2, 0.25) is 5.02 Å². The molecule has 0 radical (unpaired) electrons. The van der Waals surface area contributed by atoms with Crippen molar-refractivity contribution in [2.24, 2.45) is 5.10 Å². The number of nitro groups is 1. The molecule has 0 aliphatic carbocycles. The van der Waals surface area contributed by atoms with E-state index in [1.807, 2.05) is 24.3 Å². The molecule has 0 unspecified atom stereocenters. The Bertz CT molecular complexity index is 1760. The van der Waals surface area contributed by atoms with Gasteiger partial charge >= 0.3 is 11.6 Å². The van der Waals surface area contributed by atoms with E-state index in [1.165, 1.54) is 24.4 Å². The molecular formula is C32H27ClN4O6. The van der Waals surface area contributed by atoms with Crippen molar-refractivity contribution in [3.05, 3.63) is 140 Å². The zero-order valence-electron chi connectivity index (χ0n) is 23.3. The van der Waals surface area contributed by atoms with Gasteiger partial charge in [0, 0.05) is 33.7 Å². The maximum absolute atomic E-state index is 12.5. The van der Waals surface area contributed by atoms with E-state index in [0.717, 1.165) is 22.6 Å². The van der Waals surface area contributed by atoms with Crippen molar-refractivity contribution < 1.29 is 23.6 Å². The zero-order chi connectivity index (χ0) is 30.3. The summed E-state index contributed by atoms with van der Waals surface area (Å²) in [5, 5.41) is 16.1. The molecule has 0 aliphatic heterocycles. The molecule has 5 rings (SSSR count). The Morgan fingerprint density at radius 3 is 2.37 bits per heavy atom. The van der Waals surface area contributed by atoms with Crippen molar-refractivity contribution >= 4 is 29.4 Å². The van der Waals surface area contributed by atoms with Crippen LogP contribution in [0, 0.1) is 24.0 Å². The van der Waals surface area contributed by atoms with Gasteiger partial charge in [-0.2, -0.15) is 5.10 Å². The van der Waals surface area contributed by atoms with E-state index in [1.54, 1.807) is 36.4 Å². The van der Waals surface area contributed by atoms with Gasteiger partial charge < -0.3 is 18.5 Å². The van der Waals surface area contributed by atoms with Crippen LogP contribution in [0.5, 0.6) is 11.5 Å². The topological polar surface area (TPSA) is 121 Å². The molecule has 0 spiro atoms. The summed E-state index contributed by atoms with van der Waals surface area (Å²) in [6, 6.07) is 26.4. The Kier molecular flexibility index (Phi) is 8.88. The second kappa shape index (κ2) is 13.1. The van der Waals surface area contributed by atoms with E-state index in [0.29, 0.717) is 22.1 Å². The third kappa shape index (κ3) is 7.30. The summed E-state index contributed by atoms with van der Waals surface area (Å²) in [7, 11) is 0. The predicted octanol–water partition coefficient (Wildman–Crippen LogP) is 7.17. The molecule has 10 nitrogen and oxygen atoms in total. The lowest BCUT2D eigenvalue weighted by Crippen LogP contribution is -2.16. The van der Waals surface area contributed by atoms with E-state index >= 15 is 0 Å². The van der Waals surface area contributed by atoms with E-state index < -0.39 is 10.8 Å². The number of aryl methyl sites for hydroxylation is 2. The summed E-state index contributed by atoms with van der Waals surface area (Å²) < 4.78 is 19.2. The van der Waals surface area contributed by atoms with Crippen LogP contribution in [-0.4, -0.2) is 21.6 Å². The van der Waals surface area contributed by atoms with Gasteiger partial charge in [-0.25, -0.2) is 5.43 Å². The molecule has 43 heavy (non-hydrogen) atoms. The SMILES string of the molecule is Cc1ccc(C)n1-c1ccc(OCc2ccc(C(=O)N/N=C/c3ccc(OCc4ccc(Cl)cc4)c([N+](=O)[O-])c3)o2)cc1. The highest BCUT2D eigenvalue weighted by molar-refractivity contribution is 6.30. The largest absolute Gasteiger partial charge is 0.486 e. The van der Waals surface area contributed by atoms with Crippen molar-refractivity contribution in [3.63, 3.8) is 0 Å². The third-order valence-corrected chi connectivity index (χ3v) is 6.75. The number of nitro benzene ring substituents is 1. The summed E-state index contributed by atoms with van der Waals surface area (Å²) in [5.41, 5.74) is 6.67. The monoisotopic (exact) mass is 598 g/mol. The predicted molar refractivity (Wildman–Crippen MR) is 162 cm³/mol. The number of amides is 1. The number of nitrogens with zero attached hydrogens (tertiary/aromatic N) is 3. The molecule has 218 valence electrons. The average molecular weight is 599 g/mol. The summed E-state index contributed by atoms with van der Waals surface area (Å²) in [6.45, 7) is 4.38. The van der Waals surface area contributed by atoms with Gasteiger partial charge in [0.05, 0.1) is 11.1 Å². The first kappa shape index (κ1) is 29.2. The number of halogens is 1. The Labute approximate surface area is 252 Å². The number of hydrogen-bond acceptors (Lipinski definition) is 7. The molecule has 5 aromatic rings. The number of aromatic nitrogens is 1. The van der Waals surface area contributed by atoms with Crippen LogP contribution in [0.25, 0.3) is 5.69 Å². The molecule has 0 fully saturated rings. The quantitative estimate of drug-likeness (QED) is 0.0977. The fourth-order valence-electron chi connectivity index (χ4n) is 4.34. The number of rotatable bonds is 11. The van der Waals surface area contributed by atoms with Gasteiger partial charge in [0.15, 0.2) is 11.5 Å². The average Bonchev–Trinajstić information content (AvgIpc) is 3.62. The highest BCUT2D eigenvalue weighted by atomic mass is 35.5. The van der Waals surface area contributed by atoms with Gasteiger partial charge in [0.2, 0.25) is 0 Å². The second-order valence-corrected chi connectivity index (χ2v) is 10.0. The smallest absolute Gasteiger partial charge is 0.311 e. The van der Waals surface area contributed by atoms with E-state index in [4.69, 9.17) is 25.5 Å². The maximum Gasteiger partial charge on any atom is 0.311 e. The molecule has 0 aliphatic rings.